The van der Waals surface area contributed by atoms with Gasteiger partial charge in [-0.1, -0.05) is 25.4 Å². The predicted molar refractivity (Wildman–Crippen MR) is 69.0 cm³/mol. The molecule has 0 aliphatic carbocycles. The van der Waals surface area contributed by atoms with Crippen LogP contribution in [0.25, 0.3) is 0 Å². The van der Waals surface area contributed by atoms with E-state index in [-0.39, 0.29) is 5.92 Å². The maximum Gasteiger partial charge on any atom is 0.326 e. The van der Waals surface area contributed by atoms with Crippen molar-refractivity contribution in [2.45, 2.75) is 19.9 Å². The van der Waals surface area contributed by atoms with Crippen LogP contribution in [0.4, 0.5) is 5.69 Å². The molecule has 5 heteroatoms. The molecule has 16 heavy (non-hydrogen) atoms. The zero-order valence-electron chi connectivity index (χ0n) is 9.00. The molecule has 88 valence electrons. The summed E-state index contributed by atoms with van der Waals surface area (Å²) in [6.45, 7) is 3.71. The van der Waals surface area contributed by atoms with Crippen molar-refractivity contribution in [3.8, 4) is 0 Å². The Morgan fingerprint density at radius 1 is 1.50 bits per heavy atom. The second-order valence-electron chi connectivity index (χ2n) is 3.83. The minimum atomic E-state index is -0.864. The SMILES string of the molecule is CC(C)C(Nc1ccc(Cl)cc1Br)C(=O)O. The number of anilines is 1. The van der Waals surface area contributed by atoms with Gasteiger partial charge >= 0.3 is 5.97 Å². The van der Waals surface area contributed by atoms with E-state index in [2.05, 4.69) is 21.2 Å². The monoisotopic (exact) mass is 305 g/mol. The summed E-state index contributed by atoms with van der Waals surface area (Å²) in [4.78, 5) is 11.0. The molecule has 0 radical (unpaired) electrons. The molecule has 1 aromatic carbocycles. The number of halogens is 2. The predicted octanol–water partition coefficient (Wildman–Crippen LogP) is 3.62. The maximum absolute atomic E-state index is 11.0. The van der Waals surface area contributed by atoms with E-state index >= 15 is 0 Å². The quantitative estimate of drug-likeness (QED) is 0.893. The van der Waals surface area contributed by atoms with E-state index in [9.17, 15) is 4.79 Å². The number of carboxylic acid groups (broad SMARTS) is 1. The zero-order chi connectivity index (χ0) is 12.3. The topological polar surface area (TPSA) is 49.3 Å². The molecule has 0 aliphatic rings. The lowest BCUT2D eigenvalue weighted by Crippen LogP contribution is -2.34. The highest BCUT2D eigenvalue weighted by Gasteiger charge is 2.21. The molecule has 0 saturated heterocycles. The normalized spacial score (nSPS) is 12.6. The fraction of sp³-hybridized carbons (Fsp3) is 0.364. The Hall–Kier alpha value is -0.740. The van der Waals surface area contributed by atoms with Crippen molar-refractivity contribution < 1.29 is 9.90 Å². The van der Waals surface area contributed by atoms with Crippen molar-refractivity contribution in [2.75, 3.05) is 5.32 Å². The highest BCUT2D eigenvalue weighted by Crippen LogP contribution is 2.27. The van der Waals surface area contributed by atoms with Crippen molar-refractivity contribution in [1.29, 1.82) is 0 Å². The number of rotatable bonds is 4. The number of nitrogens with one attached hydrogen (secondary N) is 1. The van der Waals surface area contributed by atoms with Crippen LogP contribution in [-0.4, -0.2) is 17.1 Å². The standard InChI is InChI=1S/C11H13BrClNO2/c1-6(2)10(11(15)16)14-9-4-3-7(13)5-8(9)12/h3-6,10,14H,1-2H3,(H,15,16). The van der Waals surface area contributed by atoms with E-state index in [0.717, 1.165) is 10.2 Å². The molecule has 0 spiro atoms. The van der Waals surface area contributed by atoms with Crippen molar-refractivity contribution in [3.63, 3.8) is 0 Å². The average Bonchev–Trinajstić information content (AvgIpc) is 2.15. The lowest BCUT2D eigenvalue weighted by molar-refractivity contribution is -0.138. The summed E-state index contributed by atoms with van der Waals surface area (Å²) in [5, 5.41) is 12.6. The van der Waals surface area contributed by atoms with Crippen LogP contribution in [0, 0.1) is 5.92 Å². The van der Waals surface area contributed by atoms with Crippen LogP contribution in [0.5, 0.6) is 0 Å². The summed E-state index contributed by atoms with van der Waals surface area (Å²) >= 11 is 9.14. The van der Waals surface area contributed by atoms with Crippen LogP contribution in [-0.2, 0) is 4.79 Å². The lowest BCUT2D eigenvalue weighted by atomic mass is 10.0. The van der Waals surface area contributed by atoms with Gasteiger partial charge in [-0.2, -0.15) is 0 Å². The molecule has 0 amide bonds. The van der Waals surface area contributed by atoms with Gasteiger partial charge in [-0.15, -0.1) is 0 Å². The van der Waals surface area contributed by atoms with Gasteiger partial charge in [-0.25, -0.2) is 4.79 Å². The van der Waals surface area contributed by atoms with Crippen LogP contribution >= 0.6 is 27.5 Å². The van der Waals surface area contributed by atoms with E-state index in [1.54, 1.807) is 18.2 Å². The van der Waals surface area contributed by atoms with Gasteiger partial charge < -0.3 is 10.4 Å². The summed E-state index contributed by atoms with van der Waals surface area (Å²) in [5.41, 5.74) is 0.727. The molecule has 0 aromatic heterocycles. The summed E-state index contributed by atoms with van der Waals surface area (Å²) in [5.74, 6) is -0.864. The molecule has 0 heterocycles. The Morgan fingerprint density at radius 2 is 2.12 bits per heavy atom. The van der Waals surface area contributed by atoms with Crippen molar-refractivity contribution >= 4 is 39.2 Å². The lowest BCUT2D eigenvalue weighted by Gasteiger charge is -2.20. The van der Waals surface area contributed by atoms with Crippen molar-refractivity contribution in [3.05, 3.63) is 27.7 Å². The Bertz CT molecular complexity index is 396. The molecule has 1 unspecified atom stereocenters. The van der Waals surface area contributed by atoms with Crippen LogP contribution in [0.2, 0.25) is 5.02 Å². The fourth-order valence-electron chi connectivity index (χ4n) is 1.29. The molecule has 1 aromatic rings. The highest BCUT2D eigenvalue weighted by molar-refractivity contribution is 9.10. The summed E-state index contributed by atoms with van der Waals surface area (Å²) in [6.07, 6.45) is 0. The number of carboxylic acids is 1. The molecule has 0 aliphatic heterocycles. The van der Waals surface area contributed by atoms with Crippen molar-refractivity contribution in [2.24, 2.45) is 5.92 Å². The molecule has 1 rings (SSSR count). The third-order valence-corrected chi connectivity index (χ3v) is 3.07. The van der Waals surface area contributed by atoms with Crippen molar-refractivity contribution in [1.82, 2.24) is 0 Å². The van der Waals surface area contributed by atoms with Gasteiger partial charge in [0, 0.05) is 15.2 Å². The fourth-order valence-corrected chi connectivity index (χ4v) is 2.08. The molecule has 2 N–H and O–H groups in total. The number of aliphatic carboxylic acids is 1. The Kier molecular flexibility index (Phi) is 4.62. The number of hydrogen-bond donors (Lipinski definition) is 2. The number of hydrogen-bond acceptors (Lipinski definition) is 2. The minimum Gasteiger partial charge on any atom is -0.480 e. The average molecular weight is 307 g/mol. The van der Waals surface area contributed by atoms with E-state index in [1.165, 1.54) is 0 Å². The zero-order valence-corrected chi connectivity index (χ0v) is 11.3. The van der Waals surface area contributed by atoms with Gasteiger partial charge in [0.15, 0.2) is 0 Å². The summed E-state index contributed by atoms with van der Waals surface area (Å²) in [6, 6.07) is 4.58. The third kappa shape index (κ3) is 3.39. The number of carbonyl (C=O) groups is 1. The largest absolute Gasteiger partial charge is 0.480 e. The Labute approximate surface area is 108 Å². The van der Waals surface area contributed by atoms with E-state index in [4.69, 9.17) is 16.7 Å². The van der Waals surface area contributed by atoms with Crippen LogP contribution < -0.4 is 5.32 Å². The van der Waals surface area contributed by atoms with E-state index in [1.807, 2.05) is 13.8 Å². The second kappa shape index (κ2) is 5.55. The first-order valence-corrected chi connectivity index (χ1v) is 6.03. The van der Waals surface area contributed by atoms with Gasteiger partial charge in [-0.05, 0) is 40.0 Å². The molecule has 0 bridgehead atoms. The highest BCUT2D eigenvalue weighted by atomic mass is 79.9. The van der Waals surface area contributed by atoms with Crippen LogP contribution in [0.1, 0.15) is 13.8 Å². The van der Waals surface area contributed by atoms with Gasteiger partial charge in [0.25, 0.3) is 0 Å². The molecule has 1 atom stereocenters. The summed E-state index contributed by atoms with van der Waals surface area (Å²) in [7, 11) is 0. The smallest absolute Gasteiger partial charge is 0.326 e. The molecule has 0 saturated carbocycles. The number of benzene rings is 1. The maximum atomic E-state index is 11.0. The second-order valence-corrected chi connectivity index (χ2v) is 5.12. The Balaban J connectivity index is 2.90. The van der Waals surface area contributed by atoms with Crippen LogP contribution in [0.3, 0.4) is 0 Å². The van der Waals surface area contributed by atoms with Gasteiger partial charge in [0.05, 0.1) is 0 Å². The van der Waals surface area contributed by atoms with Crippen LogP contribution in [0.15, 0.2) is 22.7 Å². The first-order chi connectivity index (χ1) is 7.41. The molecule has 3 nitrogen and oxygen atoms in total. The Morgan fingerprint density at radius 3 is 2.56 bits per heavy atom. The minimum absolute atomic E-state index is 0.0000723. The molecule has 0 fully saturated rings. The van der Waals surface area contributed by atoms with Gasteiger partial charge in [0.1, 0.15) is 6.04 Å². The third-order valence-electron chi connectivity index (χ3n) is 2.17. The molecular weight excluding hydrogens is 293 g/mol. The van der Waals surface area contributed by atoms with Gasteiger partial charge in [0.2, 0.25) is 0 Å². The van der Waals surface area contributed by atoms with Gasteiger partial charge in [-0.3, -0.25) is 0 Å². The van der Waals surface area contributed by atoms with E-state index < -0.39 is 12.0 Å². The molecular formula is C11H13BrClNO2. The first-order valence-electron chi connectivity index (χ1n) is 4.86. The van der Waals surface area contributed by atoms with E-state index in [0.29, 0.717) is 5.02 Å². The summed E-state index contributed by atoms with van der Waals surface area (Å²) < 4.78 is 0.756. The first kappa shape index (κ1) is 13.3.